The lowest BCUT2D eigenvalue weighted by Crippen LogP contribution is -2.30. The van der Waals surface area contributed by atoms with Crippen LogP contribution in [0.3, 0.4) is 0 Å². The van der Waals surface area contributed by atoms with Crippen LogP contribution in [0.25, 0.3) is 0 Å². The molecular formula is C14H18ClN3S. The lowest BCUT2D eigenvalue weighted by molar-refractivity contribution is 0.243. The minimum atomic E-state index is 0.176. The highest BCUT2D eigenvalue weighted by Crippen LogP contribution is 2.26. The van der Waals surface area contributed by atoms with Gasteiger partial charge in [-0.1, -0.05) is 11.6 Å². The summed E-state index contributed by atoms with van der Waals surface area (Å²) in [7, 11) is 2.08. The number of pyridine rings is 1. The maximum absolute atomic E-state index is 5.96. The highest BCUT2D eigenvalue weighted by atomic mass is 35.5. The van der Waals surface area contributed by atoms with E-state index < -0.39 is 0 Å². The van der Waals surface area contributed by atoms with Crippen molar-refractivity contribution in [3.05, 3.63) is 50.9 Å². The van der Waals surface area contributed by atoms with Gasteiger partial charge in [-0.2, -0.15) is 0 Å². The molecule has 0 amide bonds. The highest BCUT2D eigenvalue weighted by Gasteiger charge is 2.18. The predicted molar refractivity (Wildman–Crippen MR) is 81.6 cm³/mol. The van der Waals surface area contributed by atoms with E-state index in [0.717, 1.165) is 10.9 Å². The molecule has 2 aromatic heterocycles. The first-order valence-electron chi connectivity index (χ1n) is 6.17. The quantitative estimate of drug-likeness (QED) is 0.921. The summed E-state index contributed by atoms with van der Waals surface area (Å²) >= 11 is 7.58. The first kappa shape index (κ1) is 14.5. The topological polar surface area (TPSA) is 42.1 Å². The lowest BCUT2D eigenvalue weighted by atomic mass is 10.0. The normalized spacial score (nSPS) is 12.9. The molecule has 0 aliphatic heterocycles. The van der Waals surface area contributed by atoms with Gasteiger partial charge in [-0.15, -0.1) is 11.3 Å². The molecule has 0 fully saturated rings. The largest absolute Gasteiger partial charge is 0.329 e. The maximum Gasteiger partial charge on any atom is 0.0931 e. The summed E-state index contributed by atoms with van der Waals surface area (Å²) in [6.45, 7) is 3.51. The summed E-state index contributed by atoms with van der Waals surface area (Å²) in [5.74, 6) is 0. The molecule has 2 N–H and O–H groups in total. The Morgan fingerprint density at radius 3 is 2.79 bits per heavy atom. The van der Waals surface area contributed by atoms with Crippen LogP contribution in [0, 0.1) is 6.92 Å². The van der Waals surface area contributed by atoms with Gasteiger partial charge in [-0.05, 0) is 43.3 Å². The molecule has 0 radical (unpaired) electrons. The van der Waals surface area contributed by atoms with E-state index in [1.165, 1.54) is 16.0 Å². The molecule has 1 atom stereocenters. The second kappa shape index (κ2) is 6.48. The summed E-state index contributed by atoms with van der Waals surface area (Å²) in [5, 5.41) is 0. The minimum Gasteiger partial charge on any atom is -0.329 e. The Labute approximate surface area is 123 Å². The van der Waals surface area contributed by atoms with E-state index in [2.05, 4.69) is 29.9 Å². The monoisotopic (exact) mass is 295 g/mol. The van der Waals surface area contributed by atoms with E-state index in [9.17, 15) is 0 Å². The van der Waals surface area contributed by atoms with Gasteiger partial charge in [0.1, 0.15) is 0 Å². The van der Waals surface area contributed by atoms with Crippen molar-refractivity contribution in [1.29, 1.82) is 0 Å². The standard InChI is InChI=1S/C14H18ClN3S/c1-10-5-6-17-8-12(10)13(7-16)18(2)9-11-3-4-14(15)19-11/h3-6,8,13H,7,9,16H2,1-2H3. The Hall–Kier alpha value is -0.940. The van der Waals surface area contributed by atoms with Gasteiger partial charge in [0, 0.05) is 36.4 Å². The van der Waals surface area contributed by atoms with Gasteiger partial charge in [-0.25, -0.2) is 0 Å². The van der Waals surface area contributed by atoms with E-state index in [0.29, 0.717) is 6.54 Å². The number of hydrogen-bond donors (Lipinski definition) is 1. The van der Waals surface area contributed by atoms with Crippen LogP contribution >= 0.6 is 22.9 Å². The van der Waals surface area contributed by atoms with Gasteiger partial charge in [0.05, 0.1) is 4.34 Å². The molecule has 2 aromatic rings. The van der Waals surface area contributed by atoms with Crippen molar-refractivity contribution in [2.45, 2.75) is 19.5 Å². The fraction of sp³-hybridized carbons (Fsp3) is 0.357. The number of aromatic nitrogens is 1. The molecule has 0 spiro atoms. The number of thiophene rings is 1. The van der Waals surface area contributed by atoms with Crippen molar-refractivity contribution in [1.82, 2.24) is 9.88 Å². The van der Waals surface area contributed by atoms with Crippen LogP contribution in [0.5, 0.6) is 0 Å². The average molecular weight is 296 g/mol. The fourth-order valence-electron chi connectivity index (χ4n) is 2.16. The van der Waals surface area contributed by atoms with E-state index >= 15 is 0 Å². The summed E-state index contributed by atoms with van der Waals surface area (Å²) < 4.78 is 0.824. The first-order valence-corrected chi connectivity index (χ1v) is 7.36. The summed E-state index contributed by atoms with van der Waals surface area (Å²) in [6.07, 6.45) is 3.72. The zero-order valence-electron chi connectivity index (χ0n) is 11.1. The van der Waals surface area contributed by atoms with E-state index in [1.807, 2.05) is 24.5 Å². The average Bonchev–Trinajstić information content (AvgIpc) is 2.78. The van der Waals surface area contributed by atoms with Crippen molar-refractivity contribution in [3.8, 4) is 0 Å². The van der Waals surface area contributed by atoms with Gasteiger partial charge in [-0.3, -0.25) is 9.88 Å². The molecule has 5 heteroatoms. The molecule has 1 unspecified atom stereocenters. The van der Waals surface area contributed by atoms with Crippen LogP contribution in [-0.4, -0.2) is 23.5 Å². The van der Waals surface area contributed by atoms with Crippen molar-refractivity contribution in [2.75, 3.05) is 13.6 Å². The molecule has 2 heterocycles. The maximum atomic E-state index is 5.96. The second-order valence-electron chi connectivity index (χ2n) is 4.60. The summed E-state index contributed by atoms with van der Waals surface area (Å²) in [6, 6.07) is 6.19. The van der Waals surface area contributed by atoms with E-state index in [4.69, 9.17) is 17.3 Å². The van der Waals surface area contributed by atoms with E-state index in [-0.39, 0.29) is 6.04 Å². The van der Waals surface area contributed by atoms with Crippen molar-refractivity contribution < 1.29 is 0 Å². The van der Waals surface area contributed by atoms with Gasteiger partial charge in [0.15, 0.2) is 0 Å². The molecule has 102 valence electrons. The molecule has 0 saturated carbocycles. The first-order chi connectivity index (χ1) is 9.11. The predicted octanol–water partition coefficient (Wildman–Crippen LogP) is 3.24. The molecule has 2 rings (SSSR count). The Morgan fingerprint density at radius 1 is 1.42 bits per heavy atom. The minimum absolute atomic E-state index is 0.176. The summed E-state index contributed by atoms with van der Waals surface area (Å²) in [5.41, 5.74) is 8.35. The lowest BCUT2D eigenvalue weighted by Gasteiger charge is -2.27. The fourth-order valence-corrected chi connectivity index (χ4v) is 3.31. The number of aryl methyl sites for hydroxylation is 1. The number of nitrogens with two attached hydrogens (primary N) is 1. The molecular weight excluding hydrogens is 278 g/mol. The van der Waals surface area contributed by atoms with Crippen LogP contribution in [0.4, 0.5) is 0 Å². The molecule has 0 aromatic carbocycles. The number of likely N-dealkylation sites (N-methyl/N-ethyl adjacent to an activating group) is 1. The smallest absolute Gasteiger partial charge is 0.0931 e. The van der Waals surface area contributed by atoms with Crippen LogP contribution in [-0.2, 0) is 6.54 Å². The number of hydrogen-bond acceptors (Lipinski definition) is 4. The molecule has 0 saturated heterocycles. The Bertz CT molecular complexity index is 541. The van der Waals surface area contributed by atoms with Crippen LogP contribution < -0.4 is 5.73 Å². The molecule has 3 nitrogen and oxygen atoms in total. The summed E-state index contributed by atoms with van der Waals surface area (Å²) in [4.78, 5) is 7.69. The van der Waals surface area contributed by atoms with Gasteiger partial charge in [0.2, 0.25) is 0 Å². The van der Waals surface area contributed by atoms with Gasteiger partial charge in [0.25, 0.3) is 0 Å². The number of rotatable bonds is 5. The third-order valence-electron chi connectivity index (χ3n) is 3.23. The van der Waals surface area contributed by atoms with Gasteiger partial charge < -0.3 is 5.73 Å². The molecule has 0 aliphatic rings. The number of nitrogens with zero attached hydrogens (tertiary/aromatic N) is 2. The Morgan fingerprint density at radius 2 is 2.21 bits per heavy atom. The molecule has 0 bridgehead atoms. The van der Waals surface area contributed by atoms with E-state index in [1.54, 1.807) is 11.3 Å². The zero-order chi connectivity index (χ0) is 13.8. The number of halogens is 1. The van der Waals surface area contributed by atoms with Crippen molar-refractivity contribution in [3.63, 3.8) is 0 Å². The Balaban J connectivity index is 2.15. The molecule has 19 heavy (non-hydrogen) atoms. The third-order valence-corrected chi connectivity index (χ3v) is 4.44. The van der Waals surface area contributed by atoms with Crippen LogP contribution in [0.15, 0.2) is 30.6 Å². The molecule has 0 aliphatic carbocycles. The van der Waals surface area contributed by atoms with Crippen LogP contribution in [0.1, 0.15) is 22.0 Å². The van der Waals surface area contributed by atoms with Crippen LogP contribution in [0.2, 0.25) is 4.34 Å². The third kappa shape index (κ3) is 3.54. The van der Waals surface area contributed by atoms with Crippen molar-refractivity contribution >= 4 is 22.9 Å². The van der Waals surface area contributed by atoms with Gasteiger partial charge >= 0.3 is 0 Å². The SMILES string of the molecule is Cc1ccncc1C(CN)N(C)Cc1ccc(Cl)s1. The Kier molecular flexibility index (Phi) is 4.93. The second-order valence-corrected chi connectivity index (χ2v) is 6.40. The zero-order valence-corrected chi connectivity index (χ0v) is 12.7. The highest BCUT2D eigenvalue weighted by molar-refractivity contribution is 7.16. The van der Waals surface area contributed by atoms with Crippen molar-refractivity contribution in [2.24, 2.45) is 5.73 Å².